The summed E-state index contributed by atoms with van der Waals surface area (Å²) in [6.07, 6.45) is 0.520. The molecule has 2 fully saturated rings. The van der Waals surface area contributed by atoms with Crippen LogP contribution >= 0.6 is 0 Å². The van der Waals surface area contributed by atoms with E-state index in [1.165, 1.54) is 4.90 Å². The maximum absolute atomic E-state index is 12.5. The van der Waals surface area contributed by atoms with Gasteiger partial charge in [-0.1, -0.05) is 5.16 Å². The van der Waals surface area contributed by atoms with Gasteiger partial charge in [0.1, 0.15) is 11.3 Å². The van der Waals surface area contributed by atoms with Crippen LogP contribution in [0.15, 0.2) is 4.52 Å². The van der Waals surface area contributed by atoms with Crippen molar-refractivity contribution in [2.75, 3.05) is 19.7 Å². The Kier molecular flexibility index (Phi) is 3.59. The molecule has 0 saturated carbocycles. The summed E-state index contributed by atoms with van der Waals surface area (Å²) in [5.41, 5.74) is 1.07. The van der Waals surface area contributed by atoms with Crippen LogP contribution in [0.2, 0.25) is 0 Å². The summed E-state index contributed by atoms with van der Waals surface area (Å²) in [5.74, 6) is 0.0773. The van der Waals surface area contributed by atoms with Crippen molar-refractivity contribution in [1.29, 1.82) is 0 Å². The Morgan fingerprint density at radius 2 is 1.91 bits per heavy atom. The highest BCUT2D eigenvalue weighted by Crippen LogP contribution is 2.23. The number of hydrogen-bond acceptors (Lipinski definition) is 6. The zero-order chi connectivity index (χ0) is 15.9. The quantitative estimate of drug-likeness (QED) is 0.805. The Morgan fingerprint density at radius 3 is 2.41 bits per heavy atom. The second-order valence-electron chi connectivity index (χ2n) is 5.54. The molecule has 2 aliphatic heterocycles. The van der Waals surface area contributed by atoms with Crippen molar-refractivity contribution >= 4 is 17.9 Å². The number of imide groups is 1. The van der Waals surface area contributed by atoms with E-state index >= 15 is 0 Å². The number of carbonyl (C=O) groups is 3. The molecule has 0 unspecified atom stereocenters. The first-order valence-electron chi connectivity index (χ1n) is 7.20. The summed E-state index contributed by atoms with van der Waals surface area (Å²) in [6.45, 7) is 4.21. The summed E-state index contributed by atoms with van der Waals surface area (Å²) in [7, 11) is 0. The number of aryl methyl sites for hydroxylation is 2. The molecule has 3 rings (SSSR count). The normalized spacial score (nSPS) is 19.7. The van der Waals surface area contributed by atoms with Gasteiger partial charge in [0, 0.05) is 19.1 Å². The molecule has 22 heavy (non-hydrogen) atoms. The fourth-order valence-electron chi connectivity index (χ4n) is 2.99. The molecule has 2 saturated heterocycles. The summed E-state index contributed by atoms with van der Waals surface area (Å²) < 4.78 is 9.76. The maximum Gasteiger partial charge on any atom is 0.417 e. The zero-order valence-corrected chi connectivity index (χ0v) is 12.5. The van der Waals surface area contributed by atoms with Gasteiger partial charge in [-0.25, -0.2) is 9.69 Å². The number of rotatable bonds is 2. The van der Waals surface area contributed by atoms with Crippen molar-refractivity contribution < 1.29 is 23.6 Å². The molecule has 2 aliphatic rings. The summed E-state index contributed by atoms with van der Waals surface area (Å²) >= 11 is 0. The first kappa shape index (κ1) is 14.6. The molecule has 0 N–H and O–H groups in total. The van der Waals surface area contributed by atoms with Crippen molar-refractivity contribution in [2.24, 2.45) is 0 Å². The van der Waals surface area contributed by atoms with Crippen molar-refractivity contribution in [2.45, 2.75) is 32.7 Å². The van der Waals surface area contributed by atoms with Crippen LogP contribution in [-0.4, -0.2) is 58.6 Å². The van der Waals surface area contributed by atoms with E-state index in [9.17, 15) is 14.4 Å². The van der Waals surface area contributed by atoms with Gasteiger partial charge in [-0.05, 0) is 26.7 Å². The van der Waals surface area contributed by atoms with Gasteiger partial charge in [0.25, 0.3) is 11.8 Å². The molecule has 0 aliphatic carbocycles. The van der Waals surface area contributed by atoms with E-state index in [-0.39, 0.29) is 24.5 Å². The second kappa shape index (κ2) is 5.43. The van der Waals surface area contributed by atoms with Crippen molar-refractivity contribution in [3.05, 3.63) is 17.0 Å². The molecule has 8 nitrogen and oxygen atoms in total. The molecular formula is C14H17N3O5. The molecule has 0 bridgehead atoms. The minimum absolute atomic E-state index is 0.120. The van der Waals surface area contributed by atoms with Gasteiger partial charge in [-0.3, -0.25) is 9.59 Å². The van der Waals surface area contributed by atoms with Crippen LogP contribution in [0.3, 0.4) is 0 Å². The predicted molar refractivity (Wildman–Crippen MR) is 73.1 cm³/mol. The monoisotopic (exact) mass is 307 g/mol. The van der Waals surface area contributed by atoms with E-state index < -0.39 is 6.09 Å². The Labute approximate surface area is 127 Å². The molecule has 118 valence electrons. The lowest BCUT2D eigenvalue weighted by Gasteiger charge is -2.34. The summed E-state index contributed by atoms with van der Waals surface area (Å²) in [5, 5.41) is 3.79. The second-order valence-corrected chi connectivity index (χ2v) is 5.54. The average molecular weight is 307 g/mol. The smallest absolute Gasteiger partial charge is 0.417 e. The molecule has 8 heteroatoms. The molecular weight excluding hydrogens is 290 g/mol. The molecule has 1 aromatic rings. The Balaban J connectivity index is 1.66. The van der Waals surface area contributed by atoms with E-state index in [2.05, 4.69) is 5.16 Å². The fraction of sp³-hybridized carbons (Fsp3) is 0.571. The first-order chi connectivity index (χ1) is 10.5. The lowest BCUT2D eigenvalue weighted by atomic mass is 10.0. The van der Waals surface area contributed by atoms with Gasteiger partial charge in [-0.15, -0.1) is 0 Å². The Morgan fingerprint density at radius 1 is 1.23 bits per heavy atom. The number of hydrogen-bond donors (Lipinski definition) is 0. The third-order valence-electron chi connectivity index (χ3n) is 4.15. The molecule has 3 amide bonds. The van der Waals surface area contributed by atoms with E-state index in [4.69, 9.17) is 9.26 Å². The average Bonchev–Trinajstić information content (AvgIpc) is 3.01. The maximum atomic E-state index is 12.5. The zero-order valence-electron chi connectivity index (χ0n) is 12.5. The molecule has 1 aromatic heterocycles. The summed E-state index contributed by atoms with van der Waals surface area (Å²) in [6, 6.07) is -0.198. The predicted octanol–water partition coefficient (Wildman–Crippen LogP) is 0.875. The standard InChI is InChI=1S/C14H17N3O5/c1-8-12(9(2)22-15-8)13(19)16-5-3-10(4-6-16)17-11(18)7-21-14(17)20/h10H,3-7H2,1-2H3. The van der Waals surface area contributed by atoms with Crippen molar-refractivity contribution in [1.82, 2.24) is 15.0 Å². The van der Waals surface area contributed by atoms with Crippen molar-refractivity contribution in [3.8, 4) is 0 Å². The fourth-order valence-corrected chi connectivity index (χ4v) is 2.99. The van der Waals surface area contributed by atoms with Gasteiger partial charge in [-0.2, -0.15) is 0 Å². The Hall–Kier alpha value is -2.38. The van der Waals surface area contributed by atoms with Gasteiger partial charge in [0.2, 0.25) is 0 Å². The van der Waals surface area contributed by atoms with Crippen LogP contribution in [0.4, 0.5) is 4.79 Å². The molecule has 0 radical (unpaired) electrons. The van der Waals surface area contributed by atoms with Crippen molar-refractivity contribution in [3.63, 3.8) is 0 Å². The first-order valence-corrected chi connectivity index (χ1v) is 7.20. The topological polar surface area (TPSA) is 93.0 Å². The number of aromatic nitrogens is 1. The molecule has 0 atom stereocenters. The van der Waals surface area contributed by atoms with Gasteiger partial charge < -0.3 is 14.2 Å². The summed E-state index contributed by atoms with van der Waals surface area (Å²) in [4.78, 5) is 38.6. The van der Waals surface area contributed by atoms with Crippen LogP contribution in [0.1, 0.15) is 34.7 Å². The highest BCUT2D eigenvalue weighted by molar-refractivity contribution is 5.98. The highest BCUT2D eigenvalue weighted by Gasteiger charge is 2.39. The molecule has 3 heterocycles. The lowest BCUT2D eigenvalue weighted by Crippen LogP contribution is -2.48. The third kappa shape index (κ3) is 2.34. The minimum Gasteiger partial charge on any atom is -0.439 e. The number of nitrogens with zero attached hydrogens (tertiary/aromatic N) is 3. The van der Waals surface area contributed by atoms with Gasteiger partial charge in [0.05, 0.1) is 5.69 Å². The van der Waals surface area contributed by atoms with Crippen LogP contribution in [0.25, 0.3) is 0 Å². The van der Waals surface area contributed by atoms with E-state index in [1.54, 1.807) is 18.7 Å². The van der Waals surface area contributed by atoms with E-state index in [1.807, 2.05) is 0 Å². The number of carbonyl (C=O) groups excluding carboxylic acids is 3. The Bertz CT molecular complexity index is 595. The lowest BCUT2D eigenvalue weighted by molar-refractivity contribution is -0.127. The van der Waals surface area contributed by atoms with E-state index in [0.717, 1.165) is 0 Å². The van der Waals surface area contributed by atoms with Crippen LogP contribution in [0.5, 0.6) is 0 Å². The number of amides is 3. The van der Waals surface area contributed by atoms with Crippen LogP contribution in [-0.2, 0) is 9.53 Å². The third-order valence-corrected chi connectivity index (χ3v) is 4.15. The number of likely N-dealkylation sites (tertiary alicyclic amines) is 1. The van der Waals surface area contributed by atoms with Crippen LogP contribution in [0, 0.1) is 13.8 Å². The number of cyclic esters (lactones) is 1. The van der Waals surface area contributed by atoms with E-state index in [0.29, 0.717) is 42.9 Å². The van der Waals surface area contributed by atoms with Gasteiger partial charge in [0.15, 0.2) is 6.61 Å². The van der Waals surface area contributed by atoms with Gasteiger partial charge >= 0.3 is 6.09 Å². The number of piperidine rings is 1. The minimum atomic E-state index is -0.583. The SMILES string of the molecule is Cc1noc(C)c1C(=O)N1CCC(N2C(=O)COC2=O)CC1. The molecule has 0 spiro atoms. The highest BCUT2D eigenvalue weighted by atomic mass is 16.6. The number of ether oxygens (including phenoxy) is 1. The van der Waals surface area contributed by atoms with Crippen LogP contribution < -0.4 is 0 Å². The largest absolute Gasteiger partial charge is 0.439 e. The molecule has 0 aromatic carbocycles.